The van der Waals surface area contributed by atoms with Gasteiger partial charge in [-0.3, -0.25) is 4.79 Å². The van der Waals surface area contributed by atoms with E-state index in [0.717, 1.165) is 5.56 Å². The maximum Gasteiger partial charge on any atom is 0.241 e. The molecule has 2 aromatic carbocycles. The summed E-state index contributed by atoms with van der Waals surface area (Å²) in [6.45, 7) is 5.58. The molecule has 0 bridgehead atoms. The minimum atomic E-state index is -3.89. The van der Waals surface area contributed by atoms with Crippen LogP contribution in [-0.4, -0.2) is 34.0 Å². The van der Waals surface area contributed by atoms with Crippen LogP contribution in [0.3, 0.4) is 0 Å². The minimum absolute atomic E-state index is 0.0791. The highest BCUT2D eigenvalue weighted by molar-refractivity contribution is 7.89. The van der Waals surface area contributed by atoms with Crippen LogP contribution in [0.2, 0.25) is 0 Å². The van der Waals surface area contributed by atoms with Crippen molar-refractivity contribution in [1.82, 2.24) is 10.0 Å². The van der Waals surface area contributed by atoms with E-state index in [0.29, 0.717) is 11.3 Å². The monoisotopic (exact) mass is 388 g/mol. The molecule has 0 heterocycles. The summed E-state index contributed by atoms with van der Waals surface area (Å²) in [7, 11) is -2.37. The number of aryl methyl sites for hydroxylation is 1. The van der Waals surface area contributed by atoms with Crippen LogP contribution < -0.4 is 14.8 Å². The number of carbonyl (C=O) groups is 1. The summed E-state index contributed by atoms with van der Waals surface area (Å²) in [5.74, 6) is 0.186. The van der Waals surface area contributed by atoms with E-state index in [9.17, 15) is 13.2 Å². The molecule has 2 rings (SSSR count). The first-order chi connectivity index (χ1) is 12.9. The van der Waals surface area contributed by atoms with Crippen LogP contribution in [0.1, 0.15) is 11.1 Å². The van der Waals surface area contributed by atoms with Crippen molar-refractivity contribution in [2.45, 2.75) is 24.3 Å². The van der Waals surface area contributed by atoms with Crippen LogP contribution in [0.4, 0.5) is 0 Å². The van der Waals surface area contributed by atoms with Crippen LogP contribution >= 0.6 is 0 Å². The van der Waals surface area contributed by atoms with Crippen LogP contribution in [0.25, 0.3) is 0 Å². The Kier molecular flexibility index (Phi) is 7.15. The summed E-state index contributed by atoms with van der Waals surface area (Å²) < 4.78 is 33.3. The van der Waals surface area contributed by atoms with Crippen LogP contribution in [0.15, 0.2) is 66.1 Å². The summed E-state index contributed by atoms with van der Waals surface area (Å²) in [5.41, 5.74) is 1.54. The van der Waals surface area contributed by atoms with Crippen molar-refractivity contribution in [2.75, 3.05) is 13.7 Å². The Morgan fingerprint density at radius 1 is 1.22 bits per heavy atom. The molecule has 1 amide bonds. The lowest BCUT2D eigenvalue weighted by atomic mass is 10.1. The molecular weight excluding hydrogens is 364 g/mol. The maximum atomic E-state index is 12.8. The third kappa shape index (κ3) is 5.67. The van der Waals surface area contributed by atoms with E-state index in [1.54, 1.807) is 19.1 Å². The van der Waals surface area contributed by atoms with E-state index < -0.39 is 22.0 Å². The van der Waals surface area contributed by atoms with E-state index >= 15 is 0 Å². The topological polar surface area (TPSA) is 84.5 Å². The van der Waals surface area contributed by atoms with Gasteiger partial charge in [0.1, 0.15) is 11.8 Å². The largest absolute Gasteiger partial charge is 0.496 e. The predicted molar refractivity (Wildman–Crippen MR) is 105 cm³/mol. The normalized spacial score (nSPS) is 12.2. The van der Waals surface area contributed by atoms with E-state index in [2.05, 4.69) is 16.6 Å². The van der Waals surface area contributed by atoms with Gasteiger partial charge >= 0.3 is 0 Å². The molecule has 0 aromatic heterocycles. The van der Waals surface area contributed by atoms with Gasteiger partial charge < -0.3 is 10.1 Å². The molecule has 0 aliphatic heterocycles. The Labute approximate surface area is 160 Å². The van der Waals surface area contributed by atoms with Crippen LogP contribution in [-0.2, 0) is 21.2 Å². The van der Waals surface area contributed by atoms with Crippen molar-refractivity contribution in [3.63, 3.8) is 0 Å². The van der Waals surface area contributed by atoms with Gasteiger partial charge in [0.2, 0.25) is 15.9 Å². The lowest BCUT2D eigenvalue weighted by molar-refractivity contribution is -0.122. The zero-order valence-corrected chi connectivity index (χ0v) is 16.3. The van der Waals surface area contributed by atoms with Crippen molar-refractivity contribution in [2.24, 2.45) is 0 Å². The molecule has 144 valence electrons. The highest BCUT2D eigenvalue weighted by Crippen LogP contribution is 2.21. The van der Waals surface area contributed by atoms with Gasteiger partial charge in [0, 0.05) is 6.54 Å². The Morgan fingerprint density at radius 2 is 1.93 bits per heavy atom. The number of hydrogen-bond donors (Lipinski definition) is 2. The molecule has 0 aliphatic carbocycles. The molecule has 27 heavy (non-hydrogen) atoms. The van der Waals surface area contributed by atoms with Crippen LogP contribution in [0.5, 0.6) is 5.75 Å². The average molecular weight is 388 g/mol. The maximum absolute atomic E-state index is 12.8. The van der Waals surface area contributed by atoms with Gasteiger partial charge in [0.15, 0.2) is 0 Å². The first-order valence-corrected chi connectivity index (χ1v) is 9.95. The van der Waals surface area contributed by atoms with Crippen LogP contribution in [0, 0.1) is 6.92 Å². The quantitative estimate of drug-likeness (QED) is 0.645. The lowest BCUT2D eigenvalue weighted by Gasteiger charge is -2.19. The number of amides is 1. The third-order valence-corrected chi connectivity index (χ3v) is 5.46. The number of methoxy groups -OCH3 is 1. The van der Waals surface area contributed by atoms with Crippen molar-refractivity contribution in [3.8, 4) is 5.75 Å². The second kappa shape index (κ2) is 9.34. The fourth-order valence-corrected chi connectivity index (χ4v) is 3.89. The molecule has 0 fully saturated rings. The number of nitrogens with one attached hydrogen (secondary N) is 2. The van der Waals surface area contributed by atoms with E-state index in [1.165, 1.54) is 19.2 Å². The average Bonchev–Trinajstić information content (AvgIpc) is 2.66. The van der Waals surface area contributed by atoms with Gasteiger partial charge in [-0.25, -0.2) is 8.42 Å². The van der Waals surface area contributed by atoms with E-state index in [1.807, 2.05) is 30.3 Å². The number of ether oxygens (including phenoxy) is 1. The van der Waals surface area contributed by atoms with Gasteiger partial charge in [-0.1, -0.05) is 36.4 Å². The number of benzene rings is 2. The SMILES string of the molecule is C=CCNC(=O)C(Cc1ccccc1)NS(=O)(=O)c1ccc(OC)c(C)c1. The molecule has 0 radical (unpaired) electrons. The summed E-state index contributed by atoms with van der Waals surface area (Å²) in [5, 5.41) is 2.65. The highest BCUT2D eigenvalue weighted by atomic mass is 32.2. The lowest BCUT2D eigenvalue weighted by Crippen LogP contribution is -2.48. The second-order valence-corrected chi connectivity index (χ2v) is 7.74. The standard InChI is InChI=1S/C20H24N2O4S/c1-4-12-21-20(23)18(14-16-8-6-5-7-9-16)22-27(24,25)17-10-11-19(26-3)15(2)13-17/h4-11,13,18,22H,1,12,14H2,2-3H3,(H,21,23). The van der Waals surface area contributed by atoms with Crippen molar-refractivity contribution < 1.29 is 17.9 Å². The molecule has 2 N–H and O–H groups in total. The zero-order valence-electron chi connectivity index (χ0n) is 15.4. The van der Waals surface area contributed by atoms with Crippen molar-refractivity contribution in [1.29, 1.82) is 0 Å². The fourth-order valence-electron chi connectivity index (χ4n) is 2.61. The summed E-state index contributed by atoms with van der Waals surface area (Å²) in [6, 6.07) is 12.9. The Balaban J connectivity index is 2.27. The first kappa shape index (κ1) is 20.7. The Morgan fingerprint density at radius 3 is 2.52 bits per heavy atom. The molecule has 6 nitrogen and oxygen atoms in total. The molecule has 2 aromatic rings. The number of rotatable bonds is 9. The predicted octanol–water partition coefficient (Wildman–Crippen LogP) is 2.20. The fraction of sp³-hybridized carbons (Fsp3) is 0.250. The minimum Gasteiger partial charge on any atom is -0.496 e. The smallest absolute Gasteiger partial charge is 0.241 e. The first-order valence-electron chi connectivity index (χ1n) is 8.47. The summed E-state index contributed by atoms with van der Waals surface area (Å²) >= 11 is 0. The van der Waals surface area contributed by atoms with Gasteiger partial charge in [0.05, 0.1) is 12.0 Å². The summed E-state index contributed by atoms with van der Waals surface area (Å²) in [4.78, 5) is 12.6. The summed E-state index contributed by atoms with van der Waals surface area (Å²) in [6.07, 6.45) is 1.77. The molecule has 0 aliphatic rings. The molecule has 1 unspecified atom stereocenters. The third-order valence-electron chi connectivity index (χ3n) is 3.99. The van der Waals surface area contributed by atoms with Crippen molar-refractivity contribution >= 4 is 15.9 Å². The highest BCUT2D eigenvalue weighted by Gasteiger charge is 2.26. The molecule has 0 spiro atoms. The Hall–Kier alpha value is -2.64. The molecule has 1 atom stereocenters. The number of carbonyl (C=O) groups excluding carboxylic acids is 1. The molecule has 0 saturated heterocycles. The second-order valence-electron chi connectivity index (χ2n) is 6.03. The molecule has 7 heteroatoms. The zero-order chi connectivity index (χ0) is 19.9. The van der Waals surface area contributed by atoms with E-state index in [4.69, 9.17) is 4.74 Å². The van der Waals surface area contributed by atoms with Gasteiger partial charge in [0.25, 0.3) is 0 Å². The molecule has 0 saturated carbocycles. The van der Waals surface area contributed by atoms with Crippen molar-refractivity contribution in [3.05, 3.63) is 72.3 Å². The van der Waals surface area contributed by atoms with Gasteiger partial charge in [-0.05, 0) is 42.7 Å². The van der Waals surface area contributed by atoms with Gasteiger partial charge in [-0.2, -0.15) is 4.72 Å². The van der Waals surface area contributed by atoms with E-state index in [-0.39, 0.29) is 17.9 Å². The number of hydrogen-bond acceptors (Lipinski definition) is 4. The Bertz CT molecular complexity index is 895. The molecular formula is C20H24N2O4S. The number of sulfonamides is 1. The van der Waals surface area contributed by atoms with Gasteiger partial charge in [-0.15, -0.1) is 6.58 Å².